The van der Waals surface area contributed by atoms with Gasteiger partial charge in [-0.1, -0.05) is 5.92 Å². The summed E-state index contributed by atoms with van der Waals surface area (Å²) in [7, 11) is 0. The van der Waals surface area contributed by atoms with Gasteiger partial charge in [-0.25, -0.2) is 0 Å². The van der Waals surface area contributed by atoms with Gasteiger partial charge in [0, 0.05) is 5.92 Å². The summed E-state index contributed by atoms with van der Waals surface area (Å²) in [6.07, 6.45) is 5.17. The van der Waals surface area contributed by atoms with Crippen molar-refractivity contribution >= 4 is 0 Å². The number of terminal acetylenes is 1. The lowest BCUT2D eigenvalue weighted by atomic mass is 10.0. The van der Waals surface area contributed by atoms with Crippen molar-refractivity contribution in [2.75, 3.05) is 0 Å². The van der Waals surface area contributed by atoms with E-state index in [0.717, 1.165) is 0 Å². The molecule has 0 aliphatic heterocycles. The maximum atomic E-state index is 9.15. The maximum Gasteiger partial charge on any atom is 0.200 e. The Kier molecular flexibility index (Phi) is 2.34. The molecule has 0 spiro atoms. The summed E-state index contributed by atoms with van der Waals surface area (Å²) in [6.45, 7) is 1.76. The monoisotopic (exact) mass is 178 g/mol. The number of aromatic hydroxyl groups is 3. The lowest BCUT2D eigenvalue weighted by molar-refractivity contribution is 0.367. The Bertz CT molecular complexity index is 340. The van der Waals surface area contributed by atoms with Crippen LogP contribution in [0.25, 0.3) is 0 Å². The van der Waals surface area contributed by atoms with Crippen molar-refractivity contribution in [2.45, 2.75) is 12.8 Å². The summed E-state index contributed by atoms with van der Waals surface area (Å²) in [5.41, 5.74) is 0.593. The fraction of sp³-hybridized carbons (Fsp3) is 0.200. The predicted molar refractivity (Wildman–Crippen MR) is 48.7 cm³/mol. The van der Waals surface area contributed by atoms with Gasteiger partial charge in [0.15, 0.2) is 17.2 Å². The zero-order valence-corrected chi connectivity index (χ0v) is 7.15. The summed E-state index contributed by atoms with van der Waals surface area (Å²) in [6, 6.07) is 2.67. The normalized spacial score (nSPS) is 12.0. The molecule has 0 bridgehead atoms. The molecule has 13 heavy (non-hydrogen) atoms. The van der Waals surface area contributed by atoms with Crippen molar-refractivity contribution in [1.29, 1.82) is 0 Å². The smallest absolute Gasteiger partial charge is 0.200 e. The second-order valence-electron chi connectivity index (χ2n) is 2.80. The molecule has 0 unspecified atom stereocenters. The van der Waals surface area contributed by atoms with E-state index in [1.807, 2.05) is 0 Å². The van der Waals surface area contributed by atoms with Crippen LogP contribution < -0.4 is 0 Å². The minimum atomic E-state index is -0.520. The molecule has 3 heteroatoms. The van der Waals surface area contributed by atoms with Crippen LogP contribution in [0.3, 0.4) is 0 Å². The van der Waals surface area contributed by atoms with Gasteiger partial charge in [0.25, 0.3) is 0 Å². The summed E-state index contributed by atoms with van der Waals surface area (Å²) in [5, 5.41) is 27.3. The zero-order valence-electron chi connectivity index (χ0n) is 7.15. The van der Waals surface area contributed by atoms with Gasteiger partial charge < -0.3 is 15.3 Å². The van der Waals surface area contributed by atoms with E-state index in [0.29, 0.717) is 5.56 Å². The van der Waals surface area contributed by atoms with Gasteiger partial charge in [0.1, 0.15) is 0 Å². The molecule has 0 radical (unpaired) electrons. The third kappa shape index (κ3) is 1.67. The first kappa shape index (κ1) is 9.27. The van der Waals surface area contributed by atoms with Gasteiger partial charge in [-0.2, -0.15) is 0 Å². The van der Waals surface area contributed by atoms with Gasteiger partial charge in [-0.05, 0) is 24.6 Å². The van der Waals surface area contributed by atoms with Crippen molar-refractivity contribution in [3.05, 3.63) is 17.7 Å². The largest absolute Gasteiger partial charge is 0.504 e. The highest BCUT2D eigenvalue weighted by Gasteiger charge is 2.10. The molecule has 0 aliphatic carbocycles. The van der Waals surface area contributed by atoms with E-state index in [1.54, 1.807) is 6.92 Å². The number of phenols is 3. The van der Waals surface area contributed by atoms with Crippen LogP contribution in [0.5, 0.6) is 17.2 Å². The lowest BCUT2D eigenvalue weighted by Gasteiger charge is -2.07. The standard InChI is InChI=1S/C10H10O3/c1-3-6(2)7-4-8(11)10(13)9(12)5-7/h1,4-6,11-13H,2H3/t6-/m1/s1. The van der Waals surface area contributed by atoms with Crippen LogP contribution in [0.2, 0.25) is 0 Å². The molecular weight excluding hydrogens is 168 g/mol. The molecule has 1 atom stereocenters. The molecule has 1 aromatic rings. The van der Waals surface area contributed by atoms with Crippen LogP contribution in [0.1, 0.15) is 18.4 Å². The summed E-state index contributed by atoms with van der Waals surface area (Å²) in [5.74, 6) is 0.993. The molecular formula is C10H10O3. The second kappa shape index (κ2) is 3.28. The number of hydrogen-bond acceptors (Lipinski definition) is 3. The number of hydrogen-bond donors (Lipinski definition) is 3. The Hall–Kier alpha value is -1.82. The Labute approximate surface area is 76.3 Å². The van der Waals surface area contributed by atoms with Crippen LogP contribution >= 0.6 is 0 Å². The fourth-order valence-electron chi connectivity index (χ4n) is 0.972. The summed E-state index contributed by atoms with van der Waals surface area (Å²) < 4.78 is 0. The maximum absolute atomic E-state index is 9.15. The molecule has 0 aliphatic rings. The van der Waals surface area contributed by atoms with Crippen molar-refractivity contribution < 1.29 is 15.3 Å². The number of phenolic OH excluding ortho intramolecular Hbond substituents is 3. The Morgan fingerprint density at radius 3 is 2.08 bits per heavy atom. The second-order valence-corrected chi connectivity index (χ2v) is 2.80. The van der Waals surface area contributed by atoms with E-state index >= 15 is 0 Å². The van der Waals surface area contributed by atoms with Crippen LogP contribution in [-0.4, -0.2) is 15.3 Å². The third-order valence-electron chi connectivity index (χ3n) is 1.84. The van der Waals surface area contributed by atoms with Gasteiger partial charge in [-0.15, -0.1) is 6.42 Å². The Morgan fingerprint density at radius 1 is 1.23 bits per heavy atom. The lowest BCUT2D eigenvalue weighted by Crippen LogP contribution is -1.88. The SMILES string of the molecule is C#C[C@@H](C)c1cc(O)c(O)c(O)c1. The first-order valence-corrected chi connectivity index (χ1v) is 3.77. The van der Waals surface area contributed by atoms with Gasteiger partial charge in [0.05, 0.1) is 0 Å². The molecule has 1 rings (SSSR count). The molecule has 0 aromatic heterocycles. The summed E-state index contributed by atoms with van der Waals surface area (Å²) >= 11 is 0. The van der Waals surface area contributed by atoms with E-state index in [4.69, 9.17) is 21.7 Å². The van der Waals surface area contributed by atoms with Crippen molar-refractivity contribution in [3.63, 3.8) is 0 Å². The molecule has 0 heterocycles. The topological polar surface area (TPSA) is 60.7 Å². The van der Waals surface area contributed by atoms with Crippen LogP contribution in [0.4, 0.5) is 0 Å². The van der Waals surface area contributed by atoms with Crippen LogP contribution in [-0.2, 0) is 0 Å². The highest BCUT2D eigenvalue weighted by Crippen LogP contribution is 2.37. The van der Waals surface area contributed by atoms with Crippen LogP contribution in [0.15, 0.2) is 12.1 Å². The zero-order chi connectivity index (χ0) is 10.0. The Morgan fingerprint density at radius 2 is 1.69 bits per heavy atom. The van der Waals surface area contributed by atoms with E-state index in [2.05, 4.69) is 5.92 Å². The first-order chi connectivity index (χ1) is 6.06. The number of rotatable bonds is 1. The third-order valence-corrected chi connectivity index (χ3v) is 1.84. The van der Waals surface area contributed by atoms with Crippen molar-refractivity contribution in [2.24, 2.45) is 0 Å². The Balaban J connectivity index is 3.22. The van der Waals surface area contributed by atoms with Gasteiger partial charge in [-0.3, -0.25) is 0 Å². The molecule has 3 nitrogen and oxygen atoms in total. The molecule has 0 fully saturated rings. The number of benzene rings is 1. The summed E-state index contributed by atoms with van der Waals surface area (Å²) in [4.78, 5) is 0. The molecule has 0 amide bonds. The highest BCUT2D eigenvalue weighted by molar-refractivity contribution is 5.52. The molecule has 68 valence electrons. The molecule has 1 aromatic carbocycles. The molecule has 0 saturated carbocycles. The van der Waals surface area contributed by atoms with E-state index < -0.39 is 5.75 Å². The molecule has 0 saturated heterocycles. The van der Waals surface area contributed by atoms with Crippen LogP contribution in [0, 0.1) is 12.3 Å². The van der Waals surface area contributed by atoms with Gasteiger partial charge in [0.2, 0.25) is 0 Å². The quantitative estimate of drug-likeness (QED) is 0.451. The van der Waals surface area contributed by atoms with E-state index in [1.165, 1.54) is 12.1 Å². The van der Waals surface area contributed by atoms with E-state index in [-0.39, 0.29) is 17.4 Å². The minimum Gasteiger partial charge on any atom is -0.504 e. The molecule has 3 N–H and O–H groups in total. The average Bonchev–Trinajstić information content (AvgIpc) is 2.12. The van der Waals surface area contributed by atoms with Gasteiger partial charge >= 0.3 is 0 Å². The van der Waals surface area contributed by atoms with E-state index in [9.17, 15) is 0 Å². The predicted octanol–water partition coefficient (Wildman–Crippen LogP) is 1.54. The van der Waals surface area contributed by atoms with Crippen molar-refractivity contribution in [3.8, 4) is 29.6 Å². The van der Waals surface area contributed by atoms with Crippen molar-refractivity contribution in [1.82, 2.24) is 0 Å². The first-order valence-electron chi connectivity index (χ1n) is 3.77. The average molecular weight is 178 g/mol. The fourth-order valence-corrected chi connectivity index (χ4v) is 0.972. The minimum absolute atomic E-state index is 0.211. The highest BCUT2D eigenvalue weighted by atomic mass is 16.3.